The van der Waals surface area contributed by atoms with Crippen LogP contribution in [0.15, 0.2) is 55.1 Å². The molecule has 0 saturated heterocycles. The second-order valence-electron chi connectivity index (χ2n) is 5.50. The smallest absolute Gasteiger partial charge is 0.0233 e. The summed E-state index contributed by atoms with van der Waals surface area (Å²) >= 11 is 0. The Morgan fingerprint density at radius 2 is 1.25 bits per heavy atom. The fraction of sp³-hybridized carbons (Fsp3) is 0.300. The highest BCUT2D eigenvalue weighted by Gasteiger charge is 1.98. The third-order valence-corrected chi connectivity index (χ3v) is 3.81. The molecule has 0 spiro atoms. The molecule has 2 aromatic carbocycles. The highest BCUT2D eigenvalue weighted by Crippen LogP contribution is 2.14. The van der Waals surface area contributed by atoms with Crippen LogP contribution >= 0.6 is 0 Å². The summed E-state index contributed by atoms with van der Waals surface area (Å²) in [6.45, 7) is 8.22. The van der Waals surface area contributed by atoms with Crippen LogP contribution in [0.2, 0.25) is 0 Å². The minimum Gasteiger partial charge on any atom is -0.0955 e. The van der Waals surface area contributed by atoms with Crippen LogP contribution in [-0.2, 0) is 19.3 Å². The molecule has 0 aliphatic heterocycles. The van der Waals surface area contributed by atoms with E-state index in [1.807, 2.05) is 0 Å². The molecule has 0 saturated carbocycles. The largest absolute Gasteiger partial charge is 0.0955 e. The molecule has 0 nitrogen and oxygen atoms in total. The summed E-state index contributed by atoms with van der Waals surface area (Å²) < 4.78 is 0. The lowest BCUT2D eigenvalue weighted by Crippen LogP contribution is -1.91. The van der Waals surface area contributed by atoms with Gasteiger partial charge in [-0.1, -0.05) is 67.6 Å². The third kappa shape index (κ3) is 4.09. The Labute approximate surface area is 123 Å². The molecule has 0 fully saturated rings. The molecular weight excluding hydrogens is 240 g/mol. The summed E-state index contributed by atoms with van der Waals surface area (Å²) in [5.74, 6) is 0. The molecule has 0 heteroatoms. The quantitative estimate of drug-likeness (QED) is 0.650. The second-order valence-corrected chi connectivity index (χ2v) is 5.50. The fourth-order valence-corrected chi connectivity index (χ4v) is 2.39. The van der Waals surface area contributed by atoms with Gasteiger partial charge in [0.15, 0.2) is 0 Å². The van der Waals surface area contributed by atoms with Gasteiger partial charge >= 0.3 is 0 Å². The molecule has 2 aromatic rings. The van der Waals surface area contributed by atoms with Crippen molar-refractivity contribution < 1.29 is 0 Å². The van der Waals surface area contributed by atoms with E-state index in [4.69, 9.17) is 0 Å². The van der Waals surface area contributed by atoms with Crippen molar-refractivity contribution >= 4 is 5.57 Å². The zero-order valence-corrected chi connectivity index (χ0v) is 12.7. The molecule has 0 aromatic heterocycles. The van der Waals surface area contributed by atoms with Crippen molar-refractivity contribution in [3.05, 3.63) is 77.4 Å². The van der Waals surface area contributed by atoms with Gasteiger partial charge in [-0.25, -0.2) is 0 Å². The van der Waals surface area contributed by atoms with Crippen molar-refractivity contribution in [1.82, 2.24) is 0 Å². The standard InChI is InChI=1S/C20H24/c1-4-17-8-10-18(11-9-17)6-5-7-19-12-14-20(15-13-19)16(2)3/h8-15H,2,4-7H2,1,3H3. The number of allylic oxidation sites excluding steroid dienone is 1. The van der Waals surface area contributed by atoms with E-state index >= 15 is 0 Å². The van der Waals surface area contributed by atoms with Crippen molar-refractivity contribution in [2.75, 3.05) is 0 Å². The van der Waals surface area contributed by atoms with E-state index in [9.17, 15) is 0 Å². The van der Waals surface area contributed by atoms with Crippen LogP contribution in [-0.4, -0.2) is 0 Å². The SMILES string of the molecule is C=C(C)c1ccc(CCCc2ccc(CC)cc2)cc1. The summed E-state index contributed by atoms with van der Waals surface area (Å²) in [5.41, 5.74) is 6.65. The van der Waals surface area contributed by atoms with Crippen molar-refractivity contribution in [3.8, 4) is 0 Å². The van der Waals surface area contributed by atoms with Gasteiger partial charge in [0.05, 0.1) is 0 Å². The highest BCUT2D eigenvalue weighted by atomic mass is 14.0. The summed E-state index contributed by atoms with van der Waals surface area (Å²) in [7, 11) is 0. The van der Waals surface area contributed by atoms with Crippen LogP contribution in [0.25, 0.3) is 5.57 Å². The molecule has 0 aliphatic rings. The van der Waals surface area contributed by atoms with Crippen molar-refractivity contribution in [3.63, 3.8) is 0 Å². The lowest BCUT2D eigenvalue weighted by atomic mass is 10.0. The predicted octanol–water partition coefficient (Wildman–Crippen LogP) is 5.46. The Kier molecular flexibility index (Phi) is 5.17. The predicted molar refractivity (Wildman–Crippen MR) is 89.0 cm³/mol. The second kappa shape index (κ2) is 7.09. The van der Waals surface area contributed by atoms with Gasteiger partial charge in [0.1, 0.15) is 0 Å². The van der Waals surface area contributed by atoms with E-state index in [1.54, 1.807) is 0 Å². The Hall–Kier alpha value is -1.82. The van der Waals surface area contributed by atoms with Crippen molar-refractivity contribution in [1.29, 1.82) is 0 Å². The summed E-state index contributed by atoms with van der Waals surface area (Å²) in [5, 5.41) is 0. The van der Waals surface area contributed by atoms with Crippen LogP contribution in [0.4, 0.5) is 0 Å². The van der Waals surface area contributed by atoms with E-state index in [1.165, 1.54) is 28.7 Å². The fourth-order valence-electron chi connectivity index (χ4n) is 2.39. The topological polar surface area (TPSA) is 0 Å². The Bertz CT molecular complexity index is 544. The van der Waals surface area contributed by atoms with Crippen LogP contribution in [0.5, 0.6) is 0 Å². The van der Waals surface area contributed by atoms with E-state index in [2.05, 4.69) is 69.0 Å². The molecule has 0 amide bonds. The Morgan fingerprint density at radius 3 is 1.70 bits per heavy atom. The normalized spacial score (nSPS) is 10.5. The van der Waals surface area contributed by atoms with E-state index in [0.717, 1.165) is 24.8 Å². The van der Waals surface area contributed by atoms with E-state index in [0.29, 0.717) is 0 Å². The molecule has 0 N–H and O–H groups in total. The van der Waals surface area contributed by atoms with Gasteiger partial charge in [-0.3, -0.25) is 0 Å². The molecule has 0 heterocycles. The highest BCUT2D eigenvalue weighted by molar-refractivity contribution is 5.61. The van der Waals surface area contributed by atoms with Gasteiger partial charge in [-0.2, -0.15) is 0 Å². The zero-order chi connectivity index (χ0) is 14.4. The van der Waals surface area contributed by atoms with Gasteiger partial charge in [-0.05, 0) is 54.9 Å². The molecule has 0 atom stereocenters. The maximum absolute atomic E-state index is 3.97. The van der Waals surface area contributed by atoms with Crippen LogP contribution < -0.4 is 0 Å². The third-order valence-electron chi connectivity index (χ3n) is 3.81. The first-order valence-corrected chi connectivity index (χ1v) is 7.51. The average Bonchev–Trinajstić information content (AvgIpc) is 2.48. The van der Waals surface area contributed by atoms with Crippen molar-refractivity contribution in [2.45, 2.75) is 39.5 Å². The lowest BCUT2D eigenvalue weighted by molar-refractivity contribution is 0.820. The van der Waals surface area contributed by atoms with E-state index < -0.39 is 0 Å². The molecule has 0 unspecified atom stereocenters. The summed E-state index contributed by atoms with van der Waals surface area (Å²) in [6.07, 6.45) is 4.63. The summed E-state index contributed by atoms with van der Waals surface area (Å²) in [4.78, 5) is 0. The Morgan fingerprint density at radius 1 is 0.800 bits per heavy atom. The molecule has 104 valence electrons. The maximum atomic E-state index is 3.97. The van der Waals surface area contributed by atoms with Crippen LogP contribution in [0.3, 0.4) is 0 Å². The number of hydrogen-bond donors (Lipinski definition) is 0. The molecule has 0 bridgehead atoms. The van der Waals surface area contributed by atoms with Gasteiger partial charge < -0.3 is 0 Å². The first kappa shape index (κ1) is 14.6. The average molecular weight is 264 g/mol. The first-order valence-electron chi connectivity index (χ1n) is 7.51. The van der Waals surface area contributed by atoms with Gasteiger partial charge in [0, 0.05) is 0 Å². The number of benzene rings is 2. The van der Waals surface area contributed by atoms with Gasteiger partial charge in [0.25, 0.3) is 0 Å². The van der Waals surface area contributed by atoms with Gasteiger partial charge in [-0.15, -0.1) is 0 Å². The molecule has 2 rings (SSSR count). The Balaban J connectivity index is 1.84. The number of aryl methyl sites for hydroxylation is 3. The first-order chi connectivity index (χ1) is 9.69. The molecular formula is C20H24. The minimum absolute atomic E-state index is 1.12. The number of rotatable bonds is 6. The monoisotopic (exact) mass is 264 g/mol. The maximum Gasteiger partial charge on any atom is -0.0233 e. The molecule has 0 radical (unpaired) electrons. The lowest BCUT2D eigenvalue weighted by Gasteiger charge is -2.05. The van der Waals surface area contributed by atoms with Crippen LogP contribution in [0, 0.1) is 0 Å². The molecule has 0 aliphatic carbocycles. The van der Waals surface area contributed by atoms with Crippen molar-refractivity contribution in [2.24, 2.45) is 0 Å². The summed E-state index contributed by atoms with van der Waals surface area (Å²) in [6, 6.07) is 17.8. The zero-order valence-electron chi connectivity index (χ0n) is 12.7. The van der Waals surface area contributed by atoms with E-state index in [-0.39, 0.29) is 0 Å². The number of hydrogen-bond acceptors (Lipinski definition) is 0. The molecule has 20 heavy (non-hydrogen) atoms. The minimum atomic E-state index is 1.12. The van der Waals surface area contributed by atoms with Crippen LogP contribution in [0.1, 0.15) is 42.5 Å². The van der Waals surface area contributed by atoms with Gasteiger partial charge in [0.2, 0.25) is 0 Å².